The Morgan fingerprint density at radius 1 is 1.23 bits per heavy atom. The highest BCUT2D eigenvalue weighted by Gasteiger charge is 2.19. The van der Waals surface area contributed by atoms with Crippen LogP contribution in [0, 0.1) is 10.1 Å². The van der Waals surface area contributed by atoms with Gasteiger partial charge in [-0.15, -0.1) is 0 Å². The fourth-order valence-corrected chi connectivity index (χ4v) is 2.16. The minimum absolute atomic E-state index is 0.103. The molecule has 1 unspecified atom stereocenters. The van der Waals surface area contributed by atoms with Crippen molar-refractivity contribution in [3.8, 4) is 0 Å². The van der Waals surface area contributed by atoms with Gasteiger partial charge in [0.1, 0.15) is 6.10 Å². The van der Waals surface area contributed by atoms with Gasteiger partial charge in [-0.2, -0.15) is 0 Å². The average molecular weight is 303 g/mol. The number of nitro groups is 1. The van der Waals surface area contributed by atoms with Gasteiger partial charge in [0.25, 0.3) is 5.69 Å². The number of nitro benzene ring substituents is 1. The molecule has 22 heavy (non-hydrogen) atoms. The van der Waals surface area contributed by atoms with Gasteiger partial charge in [0.05, 0.1) is 10.5 Å². The second kappa shape index (κ2) is 10.7. The van der Waals surface area contributed by atoms with E-state index >= 15 is 0 Å². The Morgan fingerprint density at radius 3 is 2.68 bits per heavy atom. The van der Waals surface area contributed by atoms with E-state index in [1.807, 2.05) is 31.2 Å². The first kappa shape index (κ1) is 18.1. The Balaban J connectivity index is 2.83. The normalized spacial score (nSPS) is 13.0. The summed E-state index contributed by atoms with van der Waals surface area (Å²) >= 11 is 0. The molecule has 4 nitrogen and oxygen atoms in total. The van der Waals surface area contributed by atoms with Crippen LogP contribution in [0.3, 0.4) is 0 Å². The second-order valence-electron chi connectivity index (χ2n) is 5.08. The number of benzene rings is 1. The standard InChI is InChI=1S/C18H25NO3/c1-3-5-7-11-15-22-18(14-8-6-4-2)16-12-9-10-13-17(16)19(20)21/h4,6,8-10,12-14,18H,3,5,7,11,15H2,1-2H3/b6-4+,14-8+. The Kier molecular flexibility index (Phi) is 8.84. The summed E-state index contributed by atoms with van der Waals surface area (Å²) in [6.07, 6.45) is 11.6. The van der Waals surface area contributed by atoms with Gasteiger partial charge in [-0.25, -0.2) is 0 Å². The molecule has 0 radical (unpaired) electrons. The number of unbranched alkanes of at least 4 members (excludes halogenated alkanes) is 3. The van der Waals surface area contributed by atoms with E-state index in [2.05, 4.69) is 6.92 Å². The predicted octanol–water partition coefficient (Wildman–Crippen LogP) is 5.37. The van der Waals surface area contributed by atoms with Gasteiger partial charge < -0.3 is 4.74 Å². The van der Waals surface area contributed by atoms with Crippen molar-refractivity contribution in [1.29, 1.82) is 0 Å². The van der Waals surface area contributed by atoms with Crippen molar-refractivity contribution < 1.29 is 9.66 Å². The molecule has 0 heterocycles. The van der Waals surface area contributed by atoms with E-state index < -0.39 is 0 Å². The van der Waals surface area contributed by atoms with Crippen molar-refractivity contribution in [2.75, 3.05) is 6.61 Å². The lowest BCUT2D eigenvalue weighted by Crippen LogP contribution is -2.06. The molecule has 0 saturated heterocycles. The van der Waals surface area contributed by atoms with Gasteiger partial charge in [-0.1, -0.05) is 62.6 Å². The van der Waals surface area contributed by atoms with Crippen LogP contribution in [0.4, 0.5) is 5.69 Å². The van der Waals surface area contributed by atoms with Gasteiger partial charge in [-0.05, 0) is 19.4 Å². The lowest BCUT2D eigenvalue weighted by Gasteiger charge is -2.15. The number of rotatable bonds is 10. The summed E-state index contributed by atoms with van der Waals surface area (Å²) in [7, 11) is 0. The minimum atomic E-state index is -0.389. The molecule has 0 N–H and O–H groups in total. The van der Waals surface area contributed by atoms with Crippen molar-refractivity contribution in [2.45, 2.75) is 45.6 Å². The van der Waals surface area contributed by atoms with Gasteiger partial charge >= 0.3 is 0 Å². The highest BCUT2D eigenvalue weighted by molar-refractivity contribution is 5.43. The first-order valence-corrected chi connectivity index (χ1v) is 7.85. The van der Waals surface area contributed by atoms with Crippen LogP contribution in [-0.2, 0) is 4.74 Å². The first-order valence-electron chi connectivity index (χ1n) is 7.85. The molecule has 0 fully saturated rings. The van der Waals surface area contributed by atoms with E-state index in [4.69, 9.17) is 4.74 Å². The average Bonchev–Trinajstić information content (AvgIpc) is 2.53. The van der Waals surface area contributed by atoms with Gasteiger partial charge in [-0.3, -0.25) is 10.1 Å². The van der Waals surface area contributed by atoms with Crippen molar-refractivity contribution in [3.05, 3.63) is 64.2 Å². The fraction of sp³-hybridized carbons (Fsp3) is 0.444. The van der Waals surface area contributed by atoms with E-state index in [1.165, 1.54) is 18.9 Å². The molecule has 1 atom stereocenters. The van der Waals surface area contributed by atoms with E-state index in [1.54, 1.807) is 18.2 Å². The third-order valence-corrected chi connectivity index (χ3v) is 3.32. The van der Waals surface area contributed by atoms with Crippen LogP contribution in [0.15, 0.2) is 48.6 Å². The summed E-state index contributed by atoms with van der Waals surface area (Å²) in [5.41, 5.74) is 0.704. The smallest absolute Gasteiger partial charge is 0.275 e. The molecule has 4 heteroatoms. The number of hydrogen-bond donors (Lipinski definition) is 0. The molecule has 0 saturated carbocycles. The maximum atomic E-state index is 11.2. The molecule has 0 aromatic heterocycles. The largest absolute Gasteiger partial charge is 0.369 e. The zero-order valence-electron chi connectivity index (χ0n) is 13.4. The molecule has 0 aliphatic heterocycles. The zero-order valence-corrected chi connectivity index (χ0v) is 13.4. The molecule has 120 valence electrons. The zero-order chi connectivity index (χ0) is 16.2. The van der Waals surface area contributed by atoms with Crippen LogP contribution in [0.5, 0.6) is 0 Å². The number of nitrogens with zero attached hydrogens (tertiary/aromatic N) is 1. The lowest BCUT2D eigenvalue weighted by atomic mass is 10.1. The number of para-hydroxylation sites is 1. The van der Waals surface area contributed by atoms with Crippen LogP contribution in [0.25, 0.3) is 0 Å². The summed E-state index contributed by atoms with van der Waals surface area (Å²) in [5, 5.41) is 11.2. The Hall–Kier alpha value is -1.94. The topological polar surface area (TPSA) is 52.4 Å². The van der Waals surface area contributed by atoms with E-state index in [0.717, 1.165) is 12.8 Å². The van der Waals surface area contributed by atoms with Crippen molar-refractivity contribution in [2.24, 2.45) is 0 Å². The molecule has 1 aromatic rings. The summed E-state index contributed by atoms with van der Waals surface area (Å²) in [6.45, 7) is 4.70. The Morgan fingerprint density at radius 2 is 2.00 bits per heavy atom. The highest BCUT2D eigenvalue weighted by atomic mass is 16.6. The van der Waals surface area contributed by atoms with Crippen molar-refractivity contribution in [1.82, 2.24) is 0 Å². The second-order valence-corrected chi connectivity index (χ2v) is 5.08. The number of allylic oxidation sites excluding steroid dienone is 3. The lowest BCUT2D eigenvalue weighted by molar-refractivity contribution is -0.386. The van der Waals surface area contributed by atoms with Gasteiger partial charge in [0.2, 0.25) is 0 Å². The minimum Gasteiger partial charge on any atom is -0.369 e. The number of ether oxygens (including phenoxy) is 1. The predicted molar refractivity (Wildman–Crippen MR) is 89.9 cm³/mol. The van der Waals surface area contributed by atoms with Crippen molar-refractivity contribution in [3.63, 3.8) is 0 Å². The summed E-state index contributed by atoms with van der Waals surface area (Å²) in [4.78, 5) is 10.8. The first-order chi connectivity index (χ1) is 10.7. The molecule has 0 aliphatic rings. The molecular formula is C18H25NO3. The molecule has 1 rings (SSSR count). The molecule has 0 bridgehead atoms. The van der Waals surface area contributed by atoms with Crippen LogP contribution in [-0.4, -0.2) is 11.5 Å². The molecule has 0 amide bonds. The molecular weight excluding hydrogens is 278 g/mol. The Labute approximate surface area is 132 Å². The quantitative estimate of drug-likeness (QED) is 0.253. The Bertz CT molecular complexity index is 509. The monoisotopic (exact) mass is 303 g/mol. The summed E-state index contributed by atoms with van der Waals surface area (Å²) in [6, 6.07) is 6.76. The SMILES string of the molecule is C/C=C/C=C/C(OCCCCCC)c1ccccc1[N+](=O)[O-]. The highest BCUT2D eigenvalue weighted by Crippen LogP contribution is 2.28. The van der Waals surface area contributed by atoms with E-state index in [0.29, 0.717) is 12.2 Å². The summed E-state index contributed by atoms with van der Waals surface area (Å²) in [5.74, 6) is 0. The molecule has 0 aliphatic carbocycles. The maximum Gasteiger partial charge on any atom is 0.275 e. The summed E-state index contributed by atoms with van der Waals surface area (Å²) < 4.78 is 5.89. The third-order valence-electron chi connectivity index (χ3n) is 3.32. The van der Waals surface area contributed by atoms with Crippen LogP contribution in [0.2, 0.25) is 0 Å². The maximum absolute atomic E-state index is 11.2. The number of hydrogen-bond acceptors (Lipinski definition) is 3. The van der Waals surface area contributed by atoms with Gasteiger partial charge in [0.15, 0.2) is 0 Å². The van der Waals surface area contributed by atoms with Crippen LogP contribution >= 0.6 is 0 Å². The fourth-order valence-electron chi connectivity index (χ4n) is 2.16. The van der Waals surface area contributed by atoms with E-state index in [-0.39, 0.29) is 16.7 Å². The molecule has 1 aromatic carbocycles. The molecule has 0 spiro atoms. The van der Waals surface area contributed by atoms with Gasteiger partial charge in [0, 0.05) is 12.7 Å². The van der Waals surface area contributed by atoms with E-state index in [9.17, 15) is 10.1 Å². The van der Waals surface area contributed by atoms with Crippen molar-refractivity contribution >= 4 is 5.69 Å². The van der Waals surface area contributed by atoms with Crippen LogP contribution in [0.1, 0.15) is 51.2 Å². The third kappa shape index (κ3) is 6.22. The van der Waals surface area contributed by atoms with Crippen LogP contribution < -0.4 is 0 Å².